The lowest BCUT2D eigenvalue weighted by atomic mass is 10.2. The lowest BCUT2D eigenvalue weighted by Gasteiger charge is -2.13. The van der Waals surface area contributed by atoms with Gasteiger partial charge >= 0.3 is 0 Å². The van der Waals surface area contributed by atoms with E-state index in [1.807, 2.05) is 18.2 Å². The van der Waals surface area contributed by atoms with Gasteiger partial charge in [-0.1, -0.05) is 28.1 Å². The first kappa shape index (κ1) is 21.9. The van der Waals surface area contributed by atoms with Gasteiger partial charge in [0.05, 0.1) is 0 Å². The molecule has 0 saturated heterocycles. The van der Waals surface area contributed by atoms with Gasteiger partial charge in [-0.25, -0.2) is 4.39 Å². The van der Waals surface area contributed by atoms with E-state index >= 15 is 0 Å². The van der Waals surface area contributed by atoms with Crippen LogP contribution in [0.5, 0.6) is 5.75 Å². The largest absolute Gasteiger partial charge is 0.489 e. The van der Waals surface area contributed by atoms with E-state index in [9.17, 15) is 4.39 Å². The Hall–Kier alpha value is -1.14. The summed E-state index contributed by atoms with van der Waals surface area (Å²) in [5.41, 5.74) is 2.01. The van der Waals surface area contributed by atoms with Crippen molar-refractivity contribution in [2.24, 2.45) is 0 Å². The monoisotopic (exact) mass is 431 g/mol. The molecule has 0 saturated carbocycles. The van der Waals surface area contributed by atoms with Crippen LogP contribution in [0, 0.1) is 5.82 Å². The SMILES string of the molecule is Cl.OCCCCCNCc1cc(Br)ccc1OCc1ccc(F)cc1. The van der Waals surface area contributed by atoms with Crippen LogP contribution in [0.4, 0.5) is 4.39 Å². The third-order valence-corrected chi connectivity index (χ3v) is 4.15. The molecule has 0 aliphatic heterocycles. The van der Waals surface area contributed by atoms with Crippen LogP contribution < -0.4 is 10.1 Å². The van der Waals surface area contributed by atoms with Crippen molar-refractivity contribution in [2.45, 2.75) is 32.4 Å². The van der Waals surface area contributed by atoms with Crippen molar-refractivity contribution >= 4 is 28.3 Å². The van der Waals surface area contributed by atoms with Crippen LogP contribution in [0.1, 0.15) is 30.4 Å². The molecule has 2 aromatic rings. The van der Waals surface area contributed by atoms with Crippen LogP contribution >= 0.6 is 28.3 Å². The van der Waals surface area contributed by atoms with Crippen molar-refractivity contribution in [2.75, 3.05) is 13.2 Å². The molecule has 3 nitrogen and oxygen atoms in total. The zero-order valence-electron chi connectivity index (χ0n) is 14.0. The molecule has 0 amide bonds. The van der Waals surface area contributed by atoms with E-state index < -0.39 is 0 Å². The smallest absolute Gasteiger partial charge is 0.124 e. The summed E-state index contributed by atoms with van der Waals surface area (Å²) in [6, 6.07) is 12.3. The third kappa shape index (κ3) is 8.19. The molecule has 0 heterocycles. The Morgan fingerprint density at radius 3 is 2.52 bits per heavy atom. The van der Waals surface area contributed by atoms with Crippen LogP contribution in [-0.2, 0) is 13.2 Å². The fourth-order valence-electron chi connectivity index (χ4n) is 2.33. The first-order valence-electron chi connectivity index (χ1n) is 8.16. The number of halogens is 3. The first-order chi connectivity index (χ1) is 11.7. The summed E-state index contributed by atoms with van der Waals surface area (Å²) in [5, 5.41) is 12.2. The molecule has 2 aromatic carbocycles. The minimum Gasteiger partial charge on any atom is -0.489 e. The summed E-state index contributed by atoms with van der Waals surface area (Å²) < 4.78 is 19.8. The van der Waals surface area contributed by atoms with Crippen molar-refractivity contribution < 1.29 is 14.2 Å². The number of aliphatic hydroxyl groups is 1. The van der Waals surface area contributed by atoms with E-state index in [0.29, 0.717) is 6.61 Å². The van der Waals surface area contributed by atoms with E-state index in [1.54, 1.807) is 12.1 Å². The highest BCUT2D eigenvalue weighted by atomic mass is 79.9. The maximum absolute atomic E-state index is 12.9. The van der Waals surface area contributed by atoms with Crippen molar-refractivity contribution in [3.63, 3.8) is 0 Å². The van der Waals surface area contributed by atoms with Gasteiger partial charge in [-0.3, -0.25) is 0 Å². The standard InChI is InChI=1S/C19H23BrFNO2.ClH/c20-17-6-9-19(24-14-15-4-7-18(21)8-5-15)16(12-17)13-22-10-2-1-3-11-23;/h4-9,12,22-23H,1-3,10-11,13-14H2;1H. The highest BCUT2D eigenvalue weighted by molar-refractivity contribution is 9.10. The molecule has 6 heteroatoms. The van der Waals surface area contributed by atoms with Gasteiger partial charge in [-0.15, -0.1) is 12.4 Å². The van der Waals surface area contributed by atoms with E-state index in [2.05, 4.69) is 21.2 Å². The highest BCUT2D eigenvalue weighted by Crippen LogP contribution is 2.24. The van der Waals surface area contributed by atoms with E-state index in [0.717, 1.165) is 53.7 Å². The Morgan fingerprint density at radius 1 is 1.04 bits per heavy atom. The lowest BCUT2D eigenvalue weighted by molar-refractivity contribution is 0.282. The van der Waals surface area contributed by atoms with E-state index in [-0.39, 0.29) is 24.8 Å². The summed E-state index contributed by atoms with van der Waals surface area (Å²) in [4.78, 5) is 0. The second kappa shape index (κ2) is 12.3. The maximum atomic E-state index is 12.9. The third-order valence-electron chi connectivity index (χ3n) is 3.66. The lowest BCUT2D eigenvalue weighted by Crippen LogP contribution is -2.15. The van der Waals surface area contributed by atoms with Gasteiger partial charge in [-0.05, 0) is 61.7 Å². The Morgan fingerprint density at radius 2 is 1.80 bits per heavy atom. The molecule has 138 valence electrons. The van der Waals surface area contributed by atoms with Gasteiger partial charge in [-0.2, -0.15) is 0 Å². The van der Waals surface area contributed by atoms with Crippen molar-refractivity contribution in [1.82, 2.24) is 5.32 Å². The number of benzene rings is 2. The molecule has 0 spiro atoms. The van der Waals surface area contributed by atoms with Gasteiger partial charge < -0.3 is 15.2 Å². The first-order valence-corrected chi connectivity index (χ1v) is 8.95. The molecular weight excluding hydrogens is 409 g/mol. The van der Waals surface area contributed by atoms with Crippen molar-refractivity contribution in [3.8, 4) is 5.75 Å². The molecule has 0 aliphatic carbocycles. The second-order valence-corrected chi connectivity index (χ2v) is 6.54. The minimum absolute atomic E-state index is 0. The Bertz CT molecular complexity index is 625. The molecule has 2 rings (SSSR count). The van der Waals surface area contributed by atoms with Crippen LogP contribution in [0.3, 0.4) is 0 Å². The van der Waals surface area contributed by atoms with Crippen LogP contribution in [0.15, 0.2) is 46.9 Å². The number of ether oxygens (including phenoxy) is 1. The van der Waals surface area contributed by atoms with Gasteiger partial charge in [0.2, 0.25) is 0 Å². The molecule has 0 unspecified atom stereocenters. The molecule has 0 aromatic heterocycles. The summed E-state index contributed by atoms with van der Waals surface area (Å²) in [6.07, 6.45) is 2.92. The topological polar surface area (TPSA) is 41.5 Å². The normalized spacial score (nSPS) is 10.4. The number of hydrogen-bond donors (Lipinski definition) is 2. The van der Waals surface area contributed by atoms with Crippen LogP contribution in [-0.4, -0.2) is 18.3 Å². The predicted octanol–water partition coefficient (Wildman–Crippen LogP) is 4.84. The summed E-state index contributed by atoms with van der Waals surface area (Å²) in [7, 11) is 0. The molecular formula is C19H24BrClFNO2. The quantitative estimate of drug-likeness (QED) is 0.528. The fourth-order valence-corrected chi connectivity index (χ4v) is 2.74. The molecule has 0 radical (unpaired) electrons. The molecule has 25 heavy (non-hydrogen) atoms. The van der Waals surface area contributed by atoms with Gasteiger partial charge in [0, 0.05) is 23.2 Å². The molecule has 0 aliphatic rings. The van der Waals surface area contributed by atoms with Gasteiger partial charge in [0.25, 0.3) is 0 Å². The average molecular weight is 433 g/mol. The van der Waals surface area contributed by atoms with E-state index in [1.165, 1.54) is 12.1 Å². The number of hydrogen-bond acceptors (Lipinski definition) is 3. The Balaban J connectivity index is 0.00000312. The summed E-state index contributed by atoms with van der Waals surface area (Å²) >= 11 is 3.49. The molecule has 0 fully saturated rings. The summed E-state index contributed by atoms with van der Waals surface area (Å²) in [6.45, 7) is 2.29. The molecule has 0 bridgehead atoms. The minimum atomic E-state index is -0.242. The maximum Gasteiger partial charge on any atom is 0.124 e. The van der Waals surface area contributed by atoms with Crippen LogP contribution in [0.2, 0.25) is 0 Å². The number of unbranched alkanes of at least 4 members (excludes halogenated alkanes) is 2. The van der Waals surface area contributed by atoms with Gasteiger partial charge in [0.1, 0.15) is 18.2 Å². The number of nitrogens with one attached hydrogen (secondary N) is 1. The van der Waals surface area contributed by atoms with Crippen molar-refractivity contribution in [3.05, 3.63) is 63.9 Å². The zero-order valence-corrected chi connectivity index (χ0v) is 16.4. The van der Waals surface area contributed by atoms with Crippen molar-refractivity contribution in [1.29, 1.82) is 0 Å². The molecule has 2 N–H and O–H groups in total. The van der Waals surface area contributed by atoms with Crippen LogP contribution in [0.25, 0.3) is 0 Å². The number of aliphatic hydroxyl groups excluding tert-OH is 1. The molecule has 0 atom stereocenters. The Kier molecular flexibility index (Phi) is 10.7. The Labute approximate surface area is 163 Å². The second-order valence-electron chi connectivity index (χ2n) is 5.63. The summed E-state index contributed by atoms with van der Waals surface area (Å²) in [5.74, 6) is 0.582. The number of rotatable bonds is 10. The van der Waals surface area contributed by atoms with Gasteiger partial charge in [0.15, 0.2) is 0 Å². The predicted molar refractivity (Wildman–Crippen MR) is 105 cm³/mol. The highest BCUT2D eigenvalue weighted by Gasteiger charge is 2.05. The zero-order chi connectivity index (χ0) is 17.2. The fraction of sp³-hybridized carbons (Fsp3) is 0.368. The van der Waals surface area contributed by atoms with E-state index in [4.69, 9.17) is 9.84 Å². The average Bonchev–Trinajstić information content (AvgIpc) is 2.58.